The van der Waals surface area contributed by atoms with Crippen LogP contribution in [-0.4, -0.2) is 17.4 Å². The monoisotopic (exact) mass is 357 g/mol. The molecule has 8 heteroatoms. The van der Waals surface area contributed by atoms with E-state index in [4.69, 9.17) is 11.6 Å². The number of anilines is 1. The molecule has 0 bridgehead atoms. The lowest BCUT2D eigenvalue weighted by molar-refractivity contribution is -0.137. The molecule has 2 N–H and O–H groups in total. The van der Waals surface area contributed by atoms with Crippen LogP contribution in [0.5, 0.6) is 0 Å². The largest absolute Gasteiger partial charge is 0.418 e. The number of carbonyl (C=O) groups is 1. The van der Waals surface area contributed by atoms with Crippen LogP contribution in [0.2, 0.25) is 5.02 Å². The Labute approximate surface area is 142 Å². The first-order valence-corrected chi connectivity index (χ1v) is 7.50. The molecule has 0 aliphatic carbocycles. The zero-order valence-electron chi connectivity index (χ0n) is 12.5. The van der Waals surface area contributed by atoms with Crippen molar-refractivity contribution in [1.29, 1.82) is 0 Å². The Morgan fingerprint density at radius 2 is 2.04 bits per heavy atom. The van der Waals surface area contributed by atoms with Crippen LogP contribution in [0.3, 0.4) is 0 Å². The van der Waals surface area contributed by atoms with Crippen LogP contribution in [-0.2, 0) is 17.5 Å². The summed E-state index contributed by atoms with van der Waals surface area (Å²) in [4.78, 5) is 15.7. The van der Waals surface area contributed by atoms with Gasteiger partial charge in [-0.3, -0.25) is 9.78 Å². The van der Waals surface area contributed by atoms with E-state index >= 15 is 0 Å². The average Bonchev–Trinajstić information content (AvgIpc) is 2.54. The fraction of sp³-hybridized carbons (Fsp3) is 0.250. The minimum Gasteiger partial charge on any atom is -0.384 e. The smallest absolute Gasteiger partial charge is 0.384 e. The Morgan fingerprint density at radius 3 is 2.71 bits per heavy atom. The van der Waals surface area contributed by atoms with Gasteiger partial charge in [0.1, 0.15) is 0 Å². The number of alkyl halides is 3. The van der Waals surface area contributed by atoms with Crippen LogP contribution in [0, 0.1) is 0 Å². The number of carbonyl (C=O) groups excluding carboxylic acids is 1. The van der Waals surface area contributed by atoms with Crippen LogP contribution in [0.1, 0.15) is 17.5 Å². The lowest BCUT2D eigenvalue weighted by Gasteiger charge is -2.15. The van der Waals surface area contributed by atoms with E-state index in [0.29, 0.717) is 6.54 Å². The molecular weight excluding hydrogens is 343 g/mol. The van der Waals surface area contributed by atoms with Crippen LogP contribution in [0.25, 0.3) is 0 Å². The Kier molecular flexibility index (Phi) is 6.03. The van der Waals surface area contributed by atoms with E-state index in [1.165, 1.54) is 12.1 Å². The Bertz CT molecular complexity index is 693. The van der Waals surface area contributed by atoms with Gasteiger partial charge in [-0.25, -0.2) is 0 Å². The van der Waals surface area contributed by atoms with Gasteiger partial charge >= 0.3 is 6.18 Å². The van der Waals surface area contributed by atoms with Crippen molar-refractivity contribution in [1.82, 2.24) is 10.3 Å². The van der Waals surface area contributed by atoms with Gasteiger partial charge in [0.15, 0.2) is 0 Å². The zero-order valence-corrected chi connectivity index (χ0v) is 13.3. The lowest BCUT2D eigenvalue weighted by Crippen LogP contribution is -2.25. The highest BCUT2D eigenvalue weighted by atomic mass is 35.5. The number of rotatable bonds is 6. The van der Waals surface area contributed by atoms with Crippen molar-refractivity contribution in [2.75, 3.05) is 11.9 Å². The van der Waals surface area contributed by atoms with Gasteiger partial charge < -0.3 is 10.6 Å². The van der Waals surface area contributed by atoms with E-state index in [-0.39, 0.29) is 29.6 Å². The molecule has 0 radical (unpaired) electrons. The molecule has 2 aromatic rings. The molecule has 0 saturated heterocycles. The number of nitrogens with zero attached hydrogens (tertiary/aromatic N) is 1. The molecule has 24 heavy (non-hydrogen) atoms. The third-order valence-electron chi connectivity index (χ3n) is 3.17. The summed E-state index contributed by atoms with van der Waals surface area (Å²) >= 11 is 5.61. The number of amides is 1. The van der Waals surface area contributed by atoms with Crippen molar-refractivity contribution in [2.45, 2.75) is 19.1 Å². The third-order valence-corrected chi connectivity index (χ3v) is 3.40. The van der Waals surface area contributed by atoms with Gasteiger partial charge in [-0.15, -0.1) is 0 Å². The summed E-state index contributed by atoms with van der Waals surface area (Å²) < 4.78 is 38.8. The molecule has 1 heterocycles. The topological polar surface area (TPSA) is 54.0 Å². The third kappa shape index (κ3) is 5.42. The molecule has 0 unspecified atom stereocenters. The first-order valence-electron chi connectivity index (χ1n) is 7.12. The standard InChI is InChI=1S/C16H15ClF3N3O/c17-12-3-4-14(13(8-12)16(18,19)20)22-7-5-15(24)23-10-11-2-1-6-21-9-11/h1-4,6,8-9,22H,5,7,10H2,(H,23,24). The Balaban J connectivity index is 1.85. The normalized spacial score (nSPS) is 11.2. The summed E-state index contributed by atoms with van der Waals surface area (Å²) in [6, 6.07) is 7.03. The van der Waals surface area contributed by atoms with Gasteiger partial charge in [-0.1, -0.05) is 17.7 Å². The minimum atomic E-state index is -4.52. The summed E-state index contributed by atoms with van der Waals surface area (Å²) in [5.74, 6) is -0.270. The Hall–Kier alpha value is -2.28. The van der Waals surface area contributed by atoms with Gasteiger partial charge in [-0.2, -0.15) is 13.2 Å². The van der Waals surface area contributed by atoms with Gasteiger partial charge in [-0.05, 0) is 29.8 Å². The summed E-state index contributed by atoms with van der Waals surface area (Å²) in [5.41, 5.74) is -0.117. The van der Waals surface area contributed by atoms with E-state index < -0.39 is 11.7 Å². The van der Waals surface area contributed by atoms with Crippen molar-refractivity contribution in [3.8, 4) is 0 Å². The number of benzene rings is 1. The summed E-state index contributed by atoms with van der Waals surface area (Å²) in [6.07, 6.45) is -1.22. The maximum absolute atomic E-state index is 12.9. The van der Waals surface area contributed by atoms with Crippen molar-refractivity contribution in [2.24, 2.45) is 0 Å². The predicted octanol–water partition coefficient (Wildman–Crippen LogP) is 3.87. The molecular formula is C16H15ClF3N3O. The zero-order chi connectivity index (χ0) is 17.6. The van der Waals surface area contributed by atoms with Crippen LogP contribution in [0.4, 0.5) is 18.9 Å². The molecule has 0 aliphatic rings. The molecule has 128 valence electrons. The SMILES string of the molecule is O=C(CCNc1ccc(Cl)cc1C(F)(F)F)NCc1cccnc1. The van der Waals surface area contributed by atoms with Gasteiger partial charge in [0.25, 0.3) is 0 Å². The average molecular weight is 358 g/mol. The predicted molar refractivity (Wildman–Crippen MR) is 85.6 cm³/mol. The summed E-state index contributed by atoms with van der Waals surface area (Å²) in [5, 5.41) is 5.30. The van der Waals surface area contributed by atoms with Crippen LogP contribution < -0.4 is 10.6 Å². The maximum Gasteiger partial charge on any atom is 0.418 e. The highest BCUT2D eigenvalue weighted by Gasteiger charge is 2.33. The van der Waals surface area contributed by atoms with E-state index in [2.05, 4.69) is 15.6 Å². The molecule has 1 aromatic heterocycles. The number of halogens is 4. The Morgan fingerprint density at radius 1 is 1.25 bits per heavy atom. The summed E-state index contributed by atoms with van der Waals surface area (Å²) in [7, 11) is 0. The van der Waals surface area contributed by atoms with Crippen molar-refractivity contribution >= 4 is 23.2 Å². The quantitative estimate of drug-likeness (QED) is 0.825. The second-order valence-electron chi connectivity index (χ2n) is 5.00. The number of aromatic nitrogens is 1. The number of pyridine rings is 1. The molecule has 1 amide bonds. The molecule has 0 aliphatic heterocycles. The van der Waals surface area contributed by atoms with Crippen molar-refractivity contribution in [3.05, 3.63) is 58.9 Å². The fourth-order valence-electron chi connectivity index (χ4n) is 2.01. The van der Waals surface area contributed by atoms with Crippen LogP contribution >= 0.6 is 11.6 Å². The minimum absolute atomic E-state index is 0.00193. The first-order chi connectivity index (χ1) is 11.4. The maximum atomic E-state index is 12.9. The van der Waals surface area contributed by atoms with Crippen molar-refractivity contribution in [3.63, 3.8) is 0 Å². The molecule has 0 spiro atoms. The lowest BCUT2D eigenvalue weighted by atomic mass is 10.1. The molecule has 0 fully saturated rings. The van der Waals surface area contributed by atoms with Gasteiger partial charge in [0, 0.05) is 42.6 Å². The highest BCUT2D eigenvalue weighted by Crippen LogP contribution is 2.36. The van der Waals surface area contributed by atoms with Gasteiger partial charge in [0.05, 0.1) is 5.56 Å². The van der Waals surface area contributed by atoms with E-state index in [0.717, 1.165) is 11.6 Å². The molecule has 0 atom stereocenters. The van der Waals surface area contributed by atoms with E-state index in [1.54, 1.807) is 18.5 Å². The fourth-order valence-corrected chi connectivity index (χ4v) is 2.18. The molecule has 1 aromatic carbocycles. The second kappa shape index (κ2) is 8.01. The van der Waals surface area contributed by atoms with Gasteiger partial charge in [0.2, 0.25) is 5.91 Å². The number of hydrogen-bond acceptors (Lipinski definition) is 3. The van der Waals surface area contributed by atoms with E-state index in [1.807, 2.05) is 6.07 Å². The molecule has 4 nitrogen and oxygen atoms in total. The first kappa shape index (κ1) is 18.1. The second-order valence-corrected chi connectivity index (χ2v) is 5.44. The number of hydrogen-bond donors (Lipinski definition) is 2. The summed E-state index contributed by atoms with van der Waals surface area (Å²) in [6.45, 7) is 0.394. The highest BCUT2D eigenvalue weighted by molar-refractivity contribution is 6.30. The molecule has 0 saturated carbocycles. The van der Waals surface area contributed by atoms with Crippen LogP contribution in [0.15, 0.2) is 42.7 Å². The van der Waals surface area contributed by atoms with Crippen molar-refractivity contribution < 1.29 is 18.0 Å². The van der Waals surface area contributed by atoms with E-state index in [9.17, 15) is 18.0 Å². The number of nitrogens with one attached hydrogen (secondary N) is 2. The molecule has 2 rings (SSSR count).